The second-order valence-electron chi connectivity index (χ2n) is 13.5. The summed E-state index contributed by atoms with van der Waals surface area (Å²) in [5.74, 6) is 1.84. The van der Waals surface area contributed by atoms with E-state index in [0.717, 1.165) is 59.9 Å². The Bertz CT molecular complexity index is 1520. The molecule has 0 atom stereocenters. The Morgan fingerprint density at radius 3 is 1.50 bits per heavy atom. The van der Waals surface area contributed by atoms with Gasteiger partial charge in [0.05, 0.1) is 30.5 Å². The van der Waals surface area contributed by atoms with Gasteiger partial charge in [-0.25, -0.2) is 0 Å². The first kappa shape index (κ1) is 38.4. The van der Waals surface area contributed by atoms with E-state index >= 15 is 0 Å². The molecule has 4 aromatic rings. The smallest absolute Gasteiger partial charge is 0.119 e. The van der Waals surface area contributed by atoms with E-state index in [-0.39, 0.29) is 0 Å². The Kier molecular flexibility index (Phi) is 18.4. The summed E-state index contributed by atoms with van der Waals surface area (Å²) in [5.41, 5.74) is 6.41. The molecule has 0 aliphatic heterocycles. The lowest BCUT2D eigenvalue weighted by Gasteiger charge is -2.08. The van der Waals surface area contributed by atoms with Crippen LogP contribution in [0.25, 0.3) is 11.1 Å². The molecule has 0 aliphatic carbocycles. The minimum absolute atomic E-state index is 0.680. The molecule has 0 heterocycles. The van der Waals surface area contributed by atoms with E-state index in [1.807, 2.05) is 54.7 Å². The molecule has 0 bridgehead atoms. The summed E-state index contributed by atoms with van der Waals surface area (Å²) in [6, 6.07) is 35.0. The van der Waals surface area contributed by atoms with Crippen LogP contribution in [0.1, 0.15) is 126 Å². The summed E-state index contributed by atoms with van der Waals surface area (Å²) in [7, 11) is 0. The highest BCUT2D eigenvalue weighted by atomic mass is 16.5. The molecule has 0 aliphatic rings. The molecule has 0 saturated carbocycles. The predicted octanol–water partition coefficient (Wildman–Crippen LogP) is 13.2. The third-order valence-electron chi connectivity index (χ3n) is 9.28. The number of aryl methyl sites for hydroxylation is 1. The lowest BCUT2D eigenvalue weighted by atomic mass is 10.0. The van der Waals surface area contributed by atoms with Gasteiger partial charge >= 0.3 is 0 Å². The van der Waals surface area contributed by atoms with Crippen LogP contribution < -0.4 is 9.47 Å². The van der Waals surface area contributed by atoms with Crippen LogP contribution >= 0.6 is 0 Å². The average Bonchev–Trinajstić information content (AvgIpc) is 3.16. The summed E-state index contributed by atoms with van der Waals surface area (Å²) in [6.07, 6.45) is 23.7. The first-order valence-electron chi connectivity index (χ1n) is 19.3. The van der Waals surface area contributed by atoms with Gasteiger partial charge in [-0.1, -0.05) is 127 Å². The van der Waals surface area contributed by atoms with E-state index in [0.29, 0.717) is 5.56 Å². The second-order valence-corrected chi connectivity index (χ2v) is 13.5. The van der Waals surface area contributed by atoms with Crippen molar-refractivity contribution in [2.24, 2.45) is 4.99 Å². The molecule has 0 aromatic heterocycles. The molecule has 0 fully saturated rings. The number of benzene rings is 4. The zero-order valence-corrected chi connectivity index (χ0v) is 30.5. The molecule has 4 heteroatoms. The number of nitrogens with zero attached hydrogens (tertiary/aromatic N) is 2. The van der Waals surface area contributed by atoms with Crippen molar-refractivity contribution in [2.45, 2.75) is 116 Å². The lowest BCUT2D eigenvalue weighted by molar-refractivity contribution is 0.301. The third-order valence-corrected chi connectivity index (χ3v) is 9.28. The van der Waals surface area contributed by atoms with Crippen LogP contribution in [0, 0.1) is 11.3 Å². The van der Waals surface area contributed by atoms with Gasteiger partial charge in [-0.05, 0) is 109 Å². The van der Waals surface area contributed by atoms with Gasteiger partial charge in [0.25, 0.3) is 0 Å². The molecule has 4 aromatic carbocycles. The van der Waals surface area contributed by atoms with E-state index in [2.05, 4.69) is 66.5 Å². The molecule has 4 rings (SSSR count). The normalized spacial score (nSPS) is 11.1. The van der Waals surface area contributed by atoms with E-state index in [1.54, 1.807) is 0 Å². The fourth-order valence-corrected chi connectivity index (χ4v) is 6.14. The minimum atomic E-state index is 0.680. The van der Waals surface area contributed by atoms with Gasteiger partial charge in [0.1, 0.15) is 11.5 Å². The van der Waals surface area contributed by atoms with Gasteiger partial charge < -0.3 is 9.47 Å². The maximum absolute atomic E-state index is 8.97. The van der Waals surface area contributed by atoms with Gasteiger partial charge in [-0.3, -0.25) is 4.99 Å². The third kappa shape index (κ3) is 15.5. The quantitative estimate of drug-likeness (QED) is 0.0521. The topological polar surface area (TPSA) is 54.6 Å². The molecule has 0 unspecified atom stereocenters. The van der Waals surface area contributed by atoms with Crippen LogP contribution in [0.2, 0.25) is 0 Å². The van der Waals surface area contributed by atoms with E-state index in [1.165, 1.54) is 102 Å². The fourth-order valence-electron chi connectivity index (χ4n) is 6.14. The largest absolute Gasteiger partial charge is 0.494 e. The number of ether oxygens (including phenoxy) is 2. The van der Waals surface area contributed by atoms with Crippen LogP contribution in [0.15, 0.2) is 102 Å². The first-order valence-corrected chi connectivity index (χ1v) is 19.3. The van der Waals surface area contributed by atoms with Crippen LogP contribution in [0.3, 0.4) is 0 Å². The Morgan fingerprint density at radius 2 is 0.980 bits per heavy atom. The summed E-state index contributed by atoms with van der Waals surface area (Å²) in [4.78, 5) is 4.67. The van der Waals surface area contributed by atoms with Gasteiger partial charge in [-0.15, -0.1) is 0 Å². The molecule has 0 spiro atoms. The minimum Gasteiger partial charge on any atom is -0.494 e. The number of hydrogen-bond acceptors (Lipinski definition) is 4. The van der Waals surface area contributed by atoms with Crippen molar-refractivity contribution in [3.05, 3.63) is 114 Å². The monoisotopic (exact) mass is 670 g/mol. The van der Waals surface area contributed by atoms with E-state index in [4.69, 9.17) is 14.7 Å². The zero-order valence-electron chi connectivity index (χ0n) is 30.5. The van der Waals surface area contributed by atoms with Gasteiger partial charge in [0.2, 0.25) is 0 Å². The second kappa shape index (κ2) is 23.9. The van der Waals surface area contributed by atoms with Gasteiger partial charge in [0, 0.05) is 6.21 Å². The molecule has 0 radical (unpaired) electrons. The highest BCUT2D eigenvalue weighted by Gasteiger charge is 2.01. The number of hydrogen-bond donors (Lipinski definition) is 0. The van der Waals surface area contributed by atoms with E-state index < -0.39 is 0 Å². The average molecular weight is 671 g/mol. The van der Waals surface area contributed by atoms with Crippen molar-refractivity contribution in [2.75, 3.05) is 13.2 Å². The SMILES string of the molecule is CCCCCCCCCCc1ccc(N=Cc2ccc(OCCCCCCCCCCOc3ccc(-c4ccc(C#N)cc4)cc3)cc2)cc1. The maximum atomic E-state index is 8.97. The summed E-state index contributed by atoms with van der Waals surface area (Å²) >= 11 is 0. The number of rotatable bonds is 25. The van der Waals surface area contributed by atoms with Crippen LogP contribution in [0.4, 0.5) is 5.69 Å². The molecule has 264 valence electrons. The van der Waals surface area contributed by atoms with Crippen molar-refractivity contribution in [1.29, 1.82) is 5.26 Å². The summed E-state index contributed by atoms with van der Waals surface area (Å²) in [5, 5.41) is 8.97. The van der Waals surface area contributed by atoms with Crippen molar-refractivity contribution in [3.8, 4) is 28.7 Å². The van der Waals surface area contributed by atoms with E-state index in [9.17, 15) is 0 Å². The Morgan fingerprint density at radius 1 is 0.520 bits per heavy atom. The number of aliphatic imine (C=N–C) groups is 1. The van der Waals surface area contributed by atoms with Crippen molar-refractivity contribution >= 4 is 11.9 Å². The molecule has 0 amide bonds. The standard InChI is InChI=1S/C46H58N2O2/c1-2-3-4-5-6-9-12-15-18-39-21-29-44(30-22-39)48-38-41-23-31-45(32-24-41)49-35-16-13-10-7-8-11-14-17-36-50-46-33-27-43(28-34-46)42-25-19-40(37-47)20-26-42/h19-34,38H,2-18,35-36H2,1H3. The van der Waals surface area contributed by atoms with Crippen LogP contribution in [0.5, 0.6) is 11.5 Å². The Balaban J connectivity index is 0.964. The fraction of sp³-hybridized carbons (Fsp3) is 0.435. The molecular weight excluding hydrogens is 613 g/mol. The first-order chi connectivity index (χ1) is 24.7. The molecule has 50 heavy (non-hydrogen) atoms. The van der Waals surface area contributed by atoms with Crippen molar-refractivity contribution in [1.82, 2.24) is 0 Å². The number of nitriles is 1. The maximum Gasteiger partial charge on any atom is 0.119 e. The van der Waals surface area contributed by atoms with Crippen molar-refractivity contribution in [3.63, 3.8) is 0 Å². The zero-order chi connectivity index (χ0) is 34.9. The molecule has 4 nitrogen and oxygen atoms in total. The Labute approximate surface area is 302 Å². The molecular formula is C46H58N2O2. The van der Waals surface area contributed by atoms with Gasteiger partial charge in [-0.2, -0.15) is 5.26 Å². The Hall–Kier alpha value is -4.36. The van der Waals surface area contributed by atoms with Crippen LogP contribution in [-0.4, -0.2) is 19.4 Å². The van der Waals surface area contributed by atoms with Crippen LogP contribution in [-0.2, 0) is 6.42 Å². The lowest BCUT2D eigenvalue weighted by Crippen LogP contribution is -1.98. The van der Waals surface area contributed by atoms with Gasteiger partial charge in [0.15, 0.2) is 0 Å². The highest BCUT2D eigenvalue weighted by molar-refractivity contribution is 5.82. The highest BCUT2D eigenvalue weighted by Crippen LogP contribution is 2.23. The number of unbranched alkanes of at least 4 members (excludes halogenated alkanes) is 14. The predicted molar refractivity (Wildman–Crippen MR) is 211 cm³/mol. The molecule has 0 saturated heterocycles. The summed E-state index contributed by atoms with van der Waals surface area (Å²) in [6.45, 7) is 3.80. The summed E-state index contributed by atoms with van der Waals surface area (Å²) < 4.78 is 11.9. The molecule has 0 N–H and O–H groups in total. The van der Waals surface area contributed by atoms with Crippen molar-refractivity contribution < 1.29 is 9.47 Å².